The lowest BCUT2D eigenvalue weighted by Crippen LogP contribution is -2.37. The van der Waals surface area contributed by atoms with Crippen LogP contribution in [0.1, 0.15) is 13.8 Å². The van der Waals surface area contributed by atoms with Crippen molar-refractivity contribution in [2.75, 3.05) is 52.6 Å². The minimum Gasteiger partial charge on any atom is -0.432 e. The molecule has 1 rings (SSSR count). The van der Waals surface area contributed by atoms with Gasteiger partial charge < -0.3 is 29.5 Å². The van der Waals surface area contributed by atoms with Crippen LogP contribution in [0.2, 0.25) is 0 Å². The summed E-state index contributed by atoms with van der Waals surface area (Å²) in [7, 11) is 0. The van der Waals surface area contributed by atoms with Crippen LogP contribution in [-0.4, -0.2) is 90.6 Å². The van der Waals surface area contributed by atoms with E-state index in [9.17, 15) is 14.4 Å². The molecule has 0 atom stereocenters. The van der Waals surface area contributed by atoms with Gasteiger partial charge in [-0.25, -0.2) is 4.79 Å². The van der Waals surface area contributed by atoms with Gasteiger partial charge in [-0.3, -0.25) is 9.59 Å². The number of aliphatic hydroxyl groups excluding tert-OH is 2. The highest BCUT2D eigenvalue weighted by Gasteiger charge is 2.14. The first-order chi connectivity index (χ1) is 10.4. The lowest BCUT2D eigenvalue weighted by atomic mass is 10.4. The smallest absolute Gasteiger partial charge is 0.432 e. The highest BCUT2D eigenvalue weighted by atomic mass is 16.7. The summed E-state index contributed by atoms with van der Waals surface area (Å²) < 4.78 is 9.22. The van der Waals surface area contributed by atoms with E-state index in [1.807, 2.05) is 0 Å². The number of nitrogens with zero attached hydrogens (tertiary/aromatic N) is 2. The molecule has 1 fully saturated rings. The molecule has 0 aromatic carbocycles. The highest BCUT2D eigenvalue weighted by molar-refractivity contribution is 5.73. The van der Waals surface area contributed by atoms with Gasteiger partial charge in [-0.2, -0.15) is 0 Å². The number of rotatable bonds is 4. The molecular weight excluding hydrogens is 296 g/mol. The Labute approximate surface area is 129 Å². The largest absolute Gasteiger partial charge is 0.508 e. The molecule has 0 unspecified atom stereocenters. The average Bonchev–Trinajstić information content (AvgIpc) is 2.42. The Hall–Kier alpha value is -1.87. The number of carbonyl (C=O) groups excluding carboxylic acids is 3. The monoisotopic (exact) mass is 320 g/mol. The molecule has 0 aromatic rings. The first kappa shape index (κ1) is 20.1. The van der Waals surface area contributed by atoms with Crippen LogP contribution in [0, 0.1) is 0 Å². The Bertz CT molecular complexity index is 344. The molecule has 1 aliphatic rings. The lowest BCUT2D eigenvalue weighted by Gasteiger charge is -2.22. The van der Waals surface area contributed by atoms with Gasteiger partial charge in [0.1, 0.15) is 13.2 Å². The number of aliphatic hydroxyl groups is 2. The van der Waals surface area contributed by atoms with E-state index in [2.05, 4.69) is 9.47 Å². The molecule has 0 aromatic heterocycles. The van der Waals surface area contributed by atoms with E-state index in [4.69, 9.17) is 10.2 Å². The van der Waals surface area contributed by atoms with E-state index < -0.39 is 6.16 Å². The zero-order chi connectivity index (χ0) is 17.0. The lowest BCUT2D eigenvalue weighted by molar-refractivity contribution is -0.131. The van der Waals surface area contributed by atoms with Crippen molar-refractivity contribution in [3.8, 4) is 0 Å². The van der Waals surface area contributed by atoms with Crippen molar-refractivity contribution >= 4 is 18.0 Å². The van der Waals surface area contributed by atoms with Gasteiger partial charge in [-0.05, 0) is 0 Å². The summed E-state index contributed by atoms with van der Waals surface area (Å²) in [6.07, 6.45) is -0.654. The van der Waals surface area contributed by atoms with Crippen LogP contribution in [0.3, 0.4) is 0 Å². The number of hydrogen-bond donors (Lipinski definition) is 2. The predicted molar refractivity (Wildman–Crippen MR) is 76.0 cm³/mol. The number of amides is 2. The molecule has 0 spiro atoms. The van der Waals surface area contributed by atoms with Gasteiger partial charge in [-0.1, -0.05) is 0 Å². The quantitative estimate of drug-likeness (QED) is 0.626. The van der Waals surface area contributed by atoms with Gasteiger partial charge in [0.05, 0.1) is 26.3 Å². The third kappa shape index (κ3) is 9.14. The molecule has 9 heteroatoms. The average molecular weight is 320 g/mol. The zero-order valence-corrected chi connectivity index (χ0v) is 13.0. The van der Waals surface area contributed by atoms with Crippen LogP contribution >= 0.6 is 0 Å². The highest BCUT2D eigenvalue weighted by Crippen LogP contribution is 1.96. The molecule has 0 radical (unpaired) electrons. The molecule has 2 amide bonds. The number of ether oxygens (including phenoxy) is 2. The van der Waals surface area contributed by atoms with E-state index in [1.165, 1.54) is 18.7 Å². The first-order valence-corrected chi connectivity index (χ1v) is 6.94. The maximum absolute atomic E-state index is 10.9. The van der Waals surface area contributed by atoms with Crippen LogP contribution in [-0.2, 0) is 19.1 Å². The van der Waals surface area contributed by atoms with Gasteiger partial charge in [0.2, 0.25) is 11.8 Å². The van der Waals surface area contributed by atoms with Crippen molar-refractivity contribution in [3.63, 3.8) is 0 Å². The van der Waals surface area contributed by atoms with Crippen molar-refractivity contribution in [2.24, 2.45) is 0 Å². The normalized spacial score (nSPS) is 14.5. The molecule has 0 saturated carbocycles. The topological polar surface area (TPSA) is 117 Å². The zero-order valence-electron chi connectivity index (χ0n) is 13.0. The fourth-order valence-electron chi connectivity index (χ4n) is 1.61. The summed E-state index contributed by atoms with van der Waals surface area (Å²) >= 11 is 0. The van der Waals surface area contributed by atoms with Gasteiger partial charge >= 0.3 is 6.16 Å². The molecule has 9 nitrogen and oxygen atoms in total. The van der Waals surface area contributed by atoms with Gasteiger partial charge in [0.15, 0.2) is 0 Å². The Balaban J connectivity index is 0.000000409. The fourth-order valence-corrected chi connectivity index (χ4v) is 1.61. The van der Waals surface area contributed by atoms with Crippen LogP contribution in [0.5, 0.6) is 0 Å². The van der Waals surface area contributed by atoms with Crippen LogP contribution in [0.4, 0.5) is 4.79 Å². The van der Waals surface area contributed by atoms with Crippen molar-refractivity contribution in [1.29, 1.82) is 0 Å². The Morgan fingerprint density at radius 1 is 1.09 bits per heavy atom. The van der Waals surface area contributed by atoms with Gasteiger partial charge in [-0.15, -0.1) is 0 Å². The van der Waals surface area contributed by atoms with Crippen LogP contribution in [0.25, 0.3) is 0 Å². The van der Waals surface area contributed by atoms with E-state index in [0.717, 1.165) is 0 Å². The number of cyclic esters (lactones) is 2. The summed E-state index contributed by atoms with van der Waals surface area (Å²) in [4.78, 5) is 35.0. The second-order valence-corrected chi connectivity index (χ2v) is 4.41. The Morgan fingerprint density at radius 2 is 1.55 bits per heavy atom. The van der Waals surface area contributed by atoms with E-state index in [0.29, 0.717) is 26.2 Å². The number of hydrogen-bond acceptors (Lipinski definition) is 7. The molecule has 22 heavy (non-hydrogen) atoms. The maximum atomic E-state index is 10.9. The minimum absolute atomic E-state index is 0.0310. The summed E-state index contributed by atoms with van der Waals surface area (Å²) in [6, 6.07) is 0. The summed E-state index contributed by atoms with van der Waals surface area (Å²) in [5.41, 5.74) is 0. The third-order valence-corrected chi connectivity index (χ3v) is 2.79. The molecule has 1 heterocycles. The summed E-state index contributed by atoms with van der Waals surface area (Å²) in [5, 5.41) is 16.9. The maximum Gasteiger partial charge on any atom is 0.508 e. The molecule has 2 N–H and O–H groups in total. The minimum atomic E-state index is -0.654. The van der Waals surface area contributed by atoms with Crippen LogP contribution in [0.15, 0.2) is 0 Å². The Kier molecular flexibility index (Phi) is 10.8. The van der Waals surface area contributed by atoms with E-state index >= 15 is 0 Å². The third-order valence-electron chi connectivity index (χ3n) is 2.79. The molecule has 1 saturated heterocycles. The molecule has 1 aliphatic heterocycles. The molecule has 0 bridgehead atoms. The summed E-state index contributed by atoms with van der Waals surface area (Å²) in [6.45, 7) is 4.69. The van der Waals surface area contributed by atoms with Crippen molar-refractivity contribution < 1.29 is 34.1 Å². The van der Waals surface area contributed by atoms with Gasteiger partial charge in [0, 0.05) is 26.9 Å². The van der Waals surface area contributed by atoms with E-state index in [-0.39, 0.29) is 38.2 Å². The Morgan fingerprint density at radius 3 is 1.86 bits per heavy atom. The summed E-state index contributed by atoms with van der Waals surface area (Å²) in [5.74, 6) is -0.153. The predicted octanol–water partition coefficient (Wildman–Crippen LogP) is -1.18. The van der Waals surface area contributed by atoms with Gasteiger partial charge in [0.25, 0.3) is 0 Å². The first-order valence-electron chi connectivity index (χ1n) is 6.94. The van der Waals surface area contributed by atoms with E-state index in [1.54, 1.807) is 4.90 Å². The van der Waals surface area contributed by atoms with Crippen molar-refractivity contribution in [3.05, 3.63) is 0 Å². The molecule has 128 valence electrons. The standard InChI is InChI=1S/C7H11NO4.C6H13NO3/c1-6(9)8-2-4-11-7(10)12-5-3-8;1-6(10)7(2-4-8)3-5-9/h2-5H2,1H3;8-9H,2-5H2,1H3. The second-order valence-electron chi connectivity index (χ2n) is 4.41. The number of carbonyl (C=O) groups is 3. The van der Waals surface area contributed by atoms with Crippen molar-refractivity contribution in [1.82, 2.24) is 9.80 Å². The fraction of sp³-hybridized carbons (Fsp3) is 0.769. The van der Waals surface area contributed by atoms with Crippen LogP contribution < -0.4 is 0 Å². The molecular formula is C13H24N2O7. The molecule has 0 aliphatic carbocycles. The second kappa shape index (κ2) is 11.8. The SMILES string of the molecule is CC(=O)N(CCO)CCO.CC(=O)N1CCOC(=O)OCC1. The van der Waals surface area contributed by atoms with Crippen molar-refractivity contribution in [2.45, 2.75) is 13.8 Å².